The standard InChI is InChI=1S/C26H32N2O5Si/c1-16-24(34(3,4)19-8-6-18(32-2)7-9-19)22(12-14-29)33-26(16)20-15-17(28-13-11-23(28)30)5-10-21(20)27-25(26)31/h5-10,15-16,22,24,29H,11-14H2,1-4H3,(H,27,31)/t16-,22+,24-,26+/m0/s1. The van der Waals surface area contributed by atoms with Crippen LogP contribution >= 0.6 is 0 Å². The number of carbonyl (C=O) groups excluding carboxylic acids is 2. The number of carbonyl (C=O) groups is 2. The first kappa shape index (κ1) is 23.1. The van der Waals surface area contributed by atoms with Crippen LogP contribution in [-0.4, -0.2) is 51.4 Å². The number of ether oxygens (including phenoxy) is 2. The number of anilines is 2. The zero-order chi connectivity index (χ0) is 24.3. The van der Waals surface area contributed by atoms with Gasteiger partial charge in [-0.1, -0.05) is 37.3 Å². The third-order valence-corrected chi connectivity index (χ3v) is 12.5. The second kappa shape index (κ2) is 8.22. The van der Waals surface area contributed by atoms with Gasteiger partial charge in [-0.05, 0) is 42.3 Å². The van der Waals surface area contributed by atoms with Crippen LogP contribution in [0.15, 0.2) is 42.5 Å². The van der Waals surface area contributed by atoms with E-state index in [4.69, 9.17) is 9.47 Å². The summed E-state index contributed by atoms with van der Waals surface area (Å²) in [7, 11) is -0.512. The number of amides is 2. The van der Waals surface area contributed by atoms with E-state index in [0.29, 0.717) is 19.4 Å². The molecule has 1 spiro atoms. The molecule has 0 aromatic heterocycles. The van der Waals surface area contributed by atoms with Crippen LogP contribution < -0.4 is 20.1 Å². The Hall–Kier alpha value is -2.68. The Morgan fingerprint density at radius 3 is 2.53 bits per heavy atom. The Bertz CT molecular complexity index is 1130. The minimum Gasteiger partial charge on any atom is -0.497 e. The van der Waals surface area contributed by atoms with E-state index in [1.165, 1.54) is 5.19 Å². The molecule has 7 nitrogen and oxygen atoms in total. The molecule has 8 heteroatoms. The lowest BCUT2D eigenvalue weighted by atomic mass is 9.82. The molecule has 3 aliphatic rings. The lowest BCUT2D eigenvalue weighted by Crippen LogP contribution is -2.51. The maximum atomic E-state index is 13.6. The first-order valence-corrected chi connectivity index (χ1v) is 15.0. The van der Waals surface area contributed by atoms with E-state index in [2.05, 4.69) is 37.5 Å². The van der Waals surface area contributed by atoms with Crippen molar-refractivity contribution in [1.29, 1.82) is 0 Å². The molecule has 0 saturated carbocycles. The van der Waals surface area contributed by atoms with Crippen LogP contribution in [0.2, 0.25) is 18.6 Å². The van der Waals surface area contributed by atoms with E-state index >= 15 is 0 Å². The Labute approximate surface area is 201 Å². The van der Waals surface area contributed by atoms with Gasteiger partial charge in [0.2, 0.25) is 5.91 Å². The first-order chi connectivity index (χ1) is 16.2. The topological polar surface area (TPSA) is 88.1 Å². The molecule has 2 fully saturated rings. The van der Waals surface area contributed by atoms with E-state index in [1.54, 1.807) is 12.0 Å². The number of rotatable bonds is 6. The minimum absolute atomic E-state index is 0.00610. The fourth-order valence-electron chi connectivity index (χ4n) is 6.27. The SMILES string of the molecule is COc1ccc([Si](C)(C)[C@@H]2[C@@H](CCO)O[C@]3(C(=O)Nc4ccc(N5CCC5=O)cc43)[C@H]2C)cc1. The molecular formula is C26H32N2O5Si. The number of hydrogen-bond donors (Lipinski definition) is 2. The lowest BCUT2D eigenvalue weighted by molar-refractivity contribution is -0.143. The highest BCUT2D eigenvalue weighted by Crippen LogP contribution is 2.59. The van der Waals surface area contributed by atoms with Crippen molar-refractivity contribution >= 4 is 36.4 Å². The predicted octanol–water partition coefficient (Wildman–Crippen LogP) is 2.98. The smallest absolute Gasteiger partial charge is 0.261 e. The fraction of sp³-hybridized carbons (Fsp3) is 0.462. The predicted molar refractivity (Wildman–Crippen MR) is 133 cm³/mol. The van der Waals surface area contributed by atoms with Crippen molar-refractivity contribution in [2.45, 2.75) is 50.1 Å². The Kier molecular flexibility index (Phi) is 5.58. The van der Waals surface area contributed by atoms with Gasteiger partial charge < -0.3 is 24.8 Å². The zero-order valence-electron chi connectivity index (χ0n) is 20.1. The summed E-state index contributed by atoms with van der Waals surface area (Å²) in [6.07, 6.45) is 0.764. The average Bonchev–Trinajstić information content (AvgIpc) is 3.27. The third kappa shape index (κ3) is 3.23. The molecule has 5 rings (SSSR count). The lowest BCUT2D eigenvalue weighted by Gasteiger charge is -2.37. The van der Waals surface area contributed by atoms with Crippen molar-refractivity contribution < 1.29 is 24.2 Å². The molecule has 180 valence electrons. The average molecular weight is 481 g/mol. The maximum absolute atomic E-state index is 13.6. The van der Waals surface area contributed by atoms with E-state index in [1.807, 2.05) is 30.3 Å². The minimum atomic E-state index is -2.17. The highest BCUT2D eigenvalue weighted by atomic mass is 28.3. The highest BCUT2D eigenvalue weighted by Gasteiger charge is 2.64. The molecule has 2 aromatic rings. The van der Waals surface area contributed by atoms with Crippen LogP contribution in [0.1, 0.15) is 25.3 Å². The van der Waals surface area contributed by atoms with Gasteiger partial charge in [-0.2, -0.15) is 0 Å². The Balaban J connectivity index is 1.58. The number of methoxy groups -OCH3 is 1. The molecular weight excluding hydrogens is 448 g/mol. The van der Waals surface area contributed by atoms with Gasteiger partial charge in [0.25, 0.3) is 5.91 Å². The van der Waals surface area contributed by atoms with Crippen molar-refractivity contribution in [1.82, 2.24) is 0 Å². The molecule has 0 radical (unpaired) electrons. The molecule has 2 saturated heterocycles. The highest BCUT2D eigenvalue weighted by molar-refractivity contribution is 6.91. The van der Waals surface area contributed by atoms with E-state index in [-0.39, 0.29) is 36.0 Å². The van der Waals surface area contributed by atoms with Gasteiger partial charge in [-0.3, -0.25) is 9.59 Å². The Morgan fingerprint density at radius 1 is 1.21 bits per heavy atom. The molecule has 3 heterocycles. The largest absolute Gasteiger partial charge is 0.497 e. The Morgan fingerprint density at radius 2 is 1.94 bits per heavy atom. The second-order valence-electron chi connectivity index (χ2n) is 10.1. The molecule has 4 atom stereocenters. The molecule has 2 amide bonds. The van der Waals surface area contributed by atoms with Gasteiger partial charge in [0.1, 0.15) is 5.75 Å². The summed E-state index contributed by atoms with van der Waals surface area (Å²) in [6.45, 7) is 7.41. The molecule has 2 N–H and O–H groups in total. The van der Waals surface area contributed by atoms with Crippen LogP contribution in [0.4, 0.5) is 11.4 Å². The fourth-order valence-corrected chi connectivity index (χ4v) is 10.3. The summed E-state index contributed by atoms with van der Waals surface area (Å²) >= 11 is 0. The van der Waals surface area contributed by atoms with Gasteiger partial charge >= 0.3 is 0 Å². The van der Waals surface area contributed by atoms with Crippen LogP contribution in [0.3, 0.4) is 0 Å². The summed E-state index contributed by atoms with van der Waals surface area (Å²) in [5.41, 5.74) is 1.29. The molecule has 0 aliphatic carbocycles. The maximum Gasteiger partial charge on any atom is 0.261 e. The summed E-state index contributed by atoms with van der Waals surface area (Å²) in [6, 6.07) is 13.9. The number of aliphatic hydroxyl groups excluding tert-OH is 1. The van der Waals surface area contributed by atoms with Gasteiger partial charge in [0.05, 0.1) is 21.3 Å². The number of hydrogen-bond acceptors (Lipinski definition) is 5. The van der Waals surface area contributed by atoms with Crippen molar-refractivity contribution in [2.75, 3.05) is 30.5 Å². The van der Waals surface area contributed by atoms with Crippen LogP contribution in [-0.2, 0) is 19.9 Å². The van der Waals surface area contributed by atoms with E-state index in [9.17, 15) is 14.7 Å². The zero-order valence-corrected chi connectivity index (χ0v) is 21.1. The van der Waals surface area contributed by atoms with Crippen molar-refractivity contribution in [3.05, 3.63) is 48.0 Å². The van der Waals surface area contributed by atoms with Crippen molar-refractivity contribution in [2.24, 2.45) is 5.92 Å². The summed E-state index contributed by atoms with van der Waals surface area (Å²) < 4.78 is 12.1. The van der Waals surface area contributed by atoms with Crippen LogP contribution in [0.5, 0.6) is 5.75 Å². The summed E-state index contributed by atoms with van der Waals surface area (Å²) in [5, 5.41) is 14.2. The van der Waals surface area contributed by atoms with Gasteiger partial charge in [0.15, 0.2) is 5.60 Å². The second-order valence-corrected chi connectivity index (χ2v) is 14.8. The number of nitrogens with zero attached hydrogens (tertiary/aromatic N) is 1. The van der Waals surface area contributed by atoms with Gasteiger partial charge in [0, 0.05) is 42.4 Å². The summed E-state index contributed by atoms with van der Waals surface area (Å²) in [5.74, 6) is 0.629. The van der Waals surface area contributed by atoms with E-state index < -0.39 is 13.7 Å². The van der Waals surface area contributed by atoms with Crippen LogP contribution in [0, 0.1) is 5.92 Å². The molecule has 0 bridgehead atoms. The summed E-state index contributed by atoms with van der Waals surface area (Å²) in [4.78, 5) is 27.4. The van der Waals surface area contributed by atoms with Crippen LogP contribution in [0.25, 0.3) is 0 Å². The normalized spacial score (nSPS) is 28.1. The number of fused-ring (bicyclic) bond motifs is 2. The first-order valence-electron chi connectivity index (χ1n) is 11.9. The van der Waals surface area contributed by atoms with E-state index in [0.717, 1.165) is 22.7 Å². The number of nitrogens with one attached hydrogen (secondary N) is 1. The number of benzene rings is 2. The third-order valence-electron chi connectivity index (χ3n) is 8.15. The van der Waals surface area contributed by atoms with Crippen molar-refractivity contribution in [3.8, 4) is 5.75 Å². The quantitative estimate of drug-likeness (QED) is 0.490. The molecule has 3 aliphatic heterocycles. The van der Waals surface area contributed by atoms with Gasteiger partial charge in [-0.25, -0.2) is 0 Å². The molecule has 34 heavy (non-hydrogen) atoms. The van der Waals surface area contributed by atoms with Crippen molar-refractivity contribution in [3.63, 3.8) is 0 Å². The monoisotopic (exact) mass is 480 g/mol. The van der Waals surface area contributed by atoms with Gasteiger partial charge in [-0.15, -0.1) is 0 Å². The number of β-lactam (4-membered cyclic amide) rings is 1. The number of aliphatic hydroxyl groups is 1. The molecule has 2 aromatic carbocycles. The molecule has 0 unspecified atom stereocenters.